The number of sulfonamides is 1. The first-order valence-electron chi connectivity index (χ1n) is 9.51. The molecule has 1 aliphatic rings. The third-order valence-corrected chi connectivity index (χ3v) is 6.43. The Balaban J connectivity index is 1.72. The zero-order valence-electron chi connectivity index (χ0n) is 15.9. The van der Waals surface area contributed by atoms with E-state index in [-0.39, 0.29) is 17.2 Å². The predicted molar refractivity (Wildman–Crippen MR) is 108 cm³/mol. The van der Waals surface area contributed by atoms with Crippen LogP contribution in [0.5, 0.6) is 0 Å². The molecule has 0 unspecified atom stereocenters. The molecule has 0 bridgehead atoms. The van der Waals surface area contributed by atoms with E-state index in [4.69, 9.17) is 0 Å². The van der Waals surface area contributed by atoms with Crippen molar-refractivity contribution in [3.63, 3.8) is 0 Å². The fourth-order valence-electron chi connectivity index (χ4n) is 3.63. The van der Waals surface area contributed by atoms with Crippen molar-refractivity contribution in [2.24, 2.45) is 5.92 Å². The van der Waals surface area contributed by atoms with Crippen molar-refractivity contribution >= 4 is 15.9 Å². The van der Waals surface area contributed by atoms with E-state index in [1.165, 1.54) is 6.07 Å². The number of amides is 1. The molecule has 1 fully saturated rings. The number of nitrogens with one attached hydrogen (secondary N) is 2. The number of hydrazine groups is 1. The molecule has 1 aliphatic carbocycles. The second-order valence-corrected chi connectivity index (χ2v) is 9.13. The molecule has 0 radical (unpaired) electrons. The molecule has 0 heterocycles. The lowest BCUT2D eigenvalue weighted by Crippen LogP contribution is -2.44. The van der Waals surface area contributed by atoms with Crippen molar-refractivity contribution in [1.29, 1.82) is 0 Å². The molecule has 3 rings (SSSR count). The molecule has 1 saturated carbocycles. The molecular formula is C21H25FN2O3S. The first-order chi connectivity index (χ1) is 13.4. The van der Waals surface area contributed by atoms with Crippen molar-refractivity contribution in [2.75, 3.05) is 5.75 Å². The topological polar surface area (TPSA) is 75.3 Å². The maximum atomic E-state index is 14.5. The van der Waals surface area contributed by atoms with Crippen molar-refractivity contribution in [1.82, 2.24) is 10.3 Å². The first kappa shape index (κ1) is 20.5. The SMILES string of the molecule is Cc1cc(-c2ccccc2)cc(C(=O)NNS(=O)(=O)CC2CCCCC2)c1F. The lowest BCUT2D eigenvalue weighted by Gasteiger charge is -2.21. The van der Waals surface area contributed by atoms with Gasteiger partial charge in [0.2, 0.25) is 10.0 Å². The molecular weight excluding hydrogens is 379 g/mol. The van der Waals surface area contributed by atoms with Gasteiger partial charge in [-0.15, -0.1) is 4.83 Å². The molecule has 0 spiro atoms. The molecule has 1 amide bonds. The second-order valence-electron chi connectivity index (χ2n) is 7.36. The average Bonchev–Trinajstić information content (AvgIpc) is 2.69. The van der Waals surface area contributed by atoms with Crippen LogP contribution in [0.15, 0.2) is 42.5 Å². The Hall–Kier alpha value is -2.25. The molecule has 2 aromatic rings. The Labute approximate surface area is 165 Å². The number of hydrogen-bond donors (Lipinski definition) is 2. The van der Waals surface area contributed by atoms with Crippen LogP contribution in [0.4, 0.5) is 4.39 Å². The van der Waals surface area contributed by atoms with Gasteiger partial charge in [0, 0.05) is 0 Å². The summed E-state index contributed by atoms with van der Waals surface area (Å²) in [4.78, 5) is 14.6. The van der Waals surface area contributed by atoms with Crippen molar-refractivity contribution in [2.45, 2.75) is 39.0 Å². The smallest absolute Gasteiger partial charge is 0.269 e. The van der Waals surface area contributed by atoms with Crippen LogP contribution < -0.4 is 10.3 Å². The summed E-state index contributed by atoms with van der Waals surface area (Å²) in [7, 11) is -3.67. The van der Waals surface area contributed by atoms with E-state index in [2.05, 4.69) is 10.3 Å². The Morgan fingerprint density at radius 3 is 2.43 bits per heavy atom. The van der Waals surface area contributed by atoms with E-state index in [1.807, 2.05) is 30.3 Å². The van der Waals surface area contributed by atoms with Gasteiger partial charge < -0.3 is 0 Å². The minimum Gasteiger partial charge on any atom is -0.274 e. The third kappa shape index (κ3) is 5.17. The van der Waals surface area contributed by atoms with Gasteiger partial charge in [0.15, 0.2) is 0 Å². The number of halogens is 1. The summed E-state index contributed by atoms with van der Waals surface area (Å²) in [5.74, 6) is -1.41. The zero-order valence-corrected chi connectivity index (χ0v) is 16.7. The van der Waals surface area contributed by atoms with Gasteiger partial charge in [0.05, 0.1) is 11.3 Å². The predicted octanol–water partition coefficient (Wildman–Crippen LogP) is 3.95. The van der Waals surface area contributed by atoms with E-state index in [9.17, 15) is 17.6 Å². The highest BCUT2D eigenvalue weighted by molar-refractivity contribution is 7.89. The van der Waals surface area contributed by atoms with Crippen LogP contribution in [-0.4, -0.2) is 20.1 Å². The van der Waals surface area contributed by atoms with Gasteiger partial charge in [0.1, 0.15) is 5.82 Å². The lowest BCUT2D eigenvalue weighted by atomic mass is 9.91. The summed E-state index contributed by atoms with van der Waals surface area (Å²) in [6.07, 6.45) is 4.95. The molecule has 0 aliphatic heterocycles. The Morgan fingerprint density at radius 1 is 1.07 bits per heavy atom. The van der Waals surface area contributed by atoms with E-state index >= 15 is 0 Å². The number of rotatable bonds is 6. The molecule has 0 saturated heterocycles. The maximum Gasteiger partial charge on any atom is 0.269 e. The highest BCUT2D eigenvalue weighted by Gasteiger charge is 2.23. The minimum atomic E-state index is -3.67. The Kier molecular flexibility index (Phi) is 6.46. The summed E-state index contributed by atoms with van der Waals surface area (Å²) in [6, 6.07) is 12.4. The van der Waals surface area contributed by atoms with E-state index in [0.29, 0.717) is 11.1 Å². The van der Waals surface area contributed by atoms with Crippen molar-refractivity contribution in [3.8, 4) is 11.1 Å². The average molecular weight is 405 g/mol. The zero-order chi connectivity index (χ0) is 20.1. The van der Waals surface area contributed by atoms with Crippen LogP contribution in [-0.2, 0) is 10.0 Å². The molecule has 0 aromatic heterocycles. The molecule has 2 aromatic carbocycles. The summed E-state index contributed by atoms with van der Waals surface area (Å²) >= 11 is 0. The van der Waals surface area contributed by atoms with Crippen LogP contribution in [0.25, 0.3) is 11.1 Å². The minimum absolute atomic E-state index is 0.0289. The third-order valence-electron chi connectivity index (χ3n) is 5.11. The molecule has 150 valence electrons. The van der Waals surface area contributed by atoms with Gasteiger partial charge >= 0.3 is 0 Å². The monoisotopic (exact) mass is 404 g/mol. The quantitative estimate of drug-likeness (QED) is 0.716. The van der Waals surface area contributed by atoms with Gasteiger partial charge in [-0.3, -0.25) is 10.2 Å². The van der Waals surface area contributed by atoms with Gasteiger partial charge in [-0.25, -0.2) is 12.8 Å². The lowest BCUT2D eigenvalue weighted by molar-refractivity contribution is 0.0940. The number of aryl methyl sites for hydroxylation is 1. The van der Waals surface area contributed by atoms with Gasteiger partial charge in [-0.2, -0.15) is 0 Å². The van der Waals surface area contributed by atoms with Crippen molar-refractivity contribution < 1.29 is 17.6 Å². The van der Waals surface area contributed by atoms with Gasteiger partial charge in [0.25, 0.3) is 5.91 Å². The number of carbonyl (C=O) groups is 1. The summed E-state index contributed by atoms with van der Waals surface area (Å²) in [6.45, 7) is 1.58. The Morgan fingerprint density at radius 2 is 1.75 bits per heavy atom. The largest absolute Gasteiger partial charge is 0.274 e. The van der Waals surface area contributed by atoms with Crippen LogP contribution in [0.3, 0.4) is 0 Å². The summed E-state index contributed by atoms with van der Waals surface area (Å²) in [5.41, 5.74) is 3.81. The van der Waals surface area contributed by atoms with Crippen molar-refractivity contribution in [3.05, 3.63) is 59.4 Å². The number of carbonyl (C=O) groups excluding carboxylic acids is 1. The first-order valence-corrected chi connectivity index (χ1v) is 11.2. The highest BCUT2D eigenvalue weighted by Crippen LogP contribution is 2.25. The highest BCUT2D eigenvalue weighted by atomic mass is 32.2. The van der Waals surface area contributed by atoms with Crippen LogP contribution in [0.1, 0.15) is 48.0 Å². The number of hydrogen-bond acceptors (Lipinski definition) is 3. The second kappa shape index (κ2) is 8.84. The number of benzene rings is 2. The summed E-state index contributed by atoms with van der Waals surface area (Å²) < 4.78 is 39.0. The Bertz CT molecular complexity index is 940. The van der Waals surface area contributed by atoms with Crippen LogP contribution in [0.2, 0.25) is 0 Å². The molecule has 7 heteroatoms. The van der Waals surface area contributed by atoms with E-state index < -0.39 is 21.7 Å². The molecule has 5 nitrogen and oxygen atoms in total. The molecule has 2 N–H and O–H groups in total. The van der Waals surface area contributed by atoms with Gasteiger partial charge in [-0.05, 0) is 54.5 Å². The molecule has 28 heavy (non-hydrogen) atoms. The maximum absolute atomic E-state index is 14.5. The van der Waals surface area contributed by atoms with Crippen LogP contribution in [0, 0.1) is 18.7 Å². The fraction of sp³-hybridized carbons (Fsp3) is 0.381. The van der Waals surface area contributed by atoms with Crippen LogP contribution >= 0.6 is 0 Å². The van der Waals surface area contributed by atoms with E-state index in [0.717, 1.165) is 37.7 Å². The standard InChI is InChI=1S/C21H25FN2O3S/c1-15-12-18(17-10-6-3-7-11-17)13-19(20(15)22)21(25)23-24-28(26,27)14-16-8-4-2-5-9-16/h3,6-7,10-13,16,24H,2,4-5,8-9,14H2,1H3,(H,23,25). The van der Waals surface area contributed by atoms with E-state index in [1.54, 1.807) is 13.0 Å². The molecule has 0 atom stereocenters. The van der Waals surface area contributed by atoms with Gasteiger partial charge in [-0.1, -0.05) is 49.6 Å². The normalized spacial score (nSPS) is 15.4. The fourth-order valence-corrected chi connectivity index (χ4v) is 4.91. The summed E-state index contributed by atoms with van der Waals surface area (Å²) in [5, 5.41) is 0.